The number of nitrogens with one attached hydrogen (secondary N) is 1. The summed E-state index contributed by atoms with van der Waals surface area (Å²) in [5.41, 5.74) is 6.58. The van der Waals surface area contributed by atoms with Crippen LogP contribution in [0, 0.1) is 5.82 Å². The zero-order chi connectivity index (χ0) is 27.4. The van der Waals surface area contributed by atoms with Crippen molar-refractivity contribution in [3.63, 3.8) is 0 Å². The molecule has 0 bridgehead atoms. The molecule has 11 heteroatoms. The second kappa shape index (κ2) is 9.94. The molecule has 1 unspecified atom stereocenters. The number of halogens is 2. The third kappa shape index (κ3) is 4.20. The maximum atomic E-state index is 16.5. The molecule has 3 aliphatic rings. The summed E-state index contributed by atoms with van der Waals surface area (Å²) in [6.07, 6.45) is 7.10. The van der Waals surface area contributed by atoms with Gasteiger partial charge in [0.05, 0.1) is 15.9 Å². The first-order valence-corrected chi connectivity index (χ1v) is 14.3. The number of hydrogen-bond donors (Lipinski definition) is 2. The molecule has 3 N–H and O–H groups in total. The highest BCUT2D eigenvalue weighted by atomic mass is 35.5. The topological polar surface area (TPSA) is 105 Å². The normalized spacial score (nSPS) is 20.4. The molecule has 9 nitrogen and oxygen atoms in total. The SMILES string of the molecule is CN(c1nc(OCC23CCCN2CCC3)nc2c(F)c(-c3nc(N)cc4cccc(Cl)c34)ncc12)C1CCNC1. The Balaban J connectivity index is 1.37. The third-order valence-electron chi connectivity index (χ3n) is 8.89. The van der Waals surface area contributed by atoms with Gasteiger partial charge in [-0.05, 0) is 69.3 Å². The van der Waals surface area contributed by atoms with Crippen LogP contribution in [0.3, 0.4) is 0 Å². The maximum absolute atomic E-state index is 16.5. The number of nitrogens with two attached hydrogens (primary N) is 1. The molecule has 1 atom stereocenters. The number of aromatic nitrogens is 4. The molecule has 208 valence electrons. The predicted molar refractivity (Wildman–Crippen MR) is 155 cm³/mol. The Morgan fingerprint density at radius 1 is 1.20 bits per heavy atom. The van der Waals surface area contributed by atoms with E-state index in [0.717, 1.165) is 63.7 Å². The average molecular weight is 563 g/mol. The summed E-state index contributed by atoms with van der Waals surface area (Å²) in [5, 5.41) is 5.71. The number of pyridine rings is 2. The summed E-state index contributed by atoms with van der Waals surface area (Å²) in [5.74, 6) is 0.246. The largest absolute Gasteiger partial charge is 0.461 e. The van der Waals surface area contributed by atoms with E-state index in [1.165, 1.54) is 0 Å². The molecule has 0 aliphatic carbocycles. The zero-order valence-corrected chi connectivity index (χ0v) is 23.2. The highest BCUT2D eigenvalue weighted by Crippen LogP contribution is 2.40. The van der Waals surface area contributed by atoms with E-state index in [4.69, 9.17) is 27.1 Å². The molecular weight excluding hydrogens is 531 g/mol. The molecule has 6 heterocycles. The number of hydrogen-bond acceptors (Lipinski definition) is 9. The number of benzene rings is 1. The quantitative estimate of drug-likeness (QED) is 0.353. The van der Waals surface area contributed by atoms with Gasteiger partial charge in [-0.25, -0.2) is 9.37 Å². The number of anilines is 2. The summed E-state index contributed by atoms with van der Waals surface area (Å²) in [6, 6.07) is 7.54. The van der Waals surface area contributed by atoms with Crippen molar-refractivity contribution in [3.05, 3.63) is 41.3 Å². The summed E-state index contributed by atoms with van der Waals surface area (Å²) in [4.78, 5) is 23.0. The van der Waals surface area contributed by atoms with Gasteiger partial charge >= 0.3 is 6.01 Å². The van der Waals surface area contributed by atoms with E-state index in [2.05, 4.69) is 30.1 Å². The fraction of sp³-hybridized carbons (Fsp3) is 0.448. The smallest absolute Gasteiger partial charge is 0.319 e. The average Bonchev–Trinajstić information content (AvgIpc) is 3.69. The van der Waals surface area contributed by atoms with Crippen molar-refractivity contribution in [2.24, 2.45) is 0 Å². The molecule has 40 heavy (non-hydrogen) atoms. The van der Waals surface area contributed by atoms with Crippen LogP contribution in [0.4, 0.5) is 16.0 Å². The van der Waals surface area contributed by atoms with Gasteiger partial charge in [0.1, 0.15) is 35.1 Å². The number of nitrogen functional groups attached to an aromatic ring is 1. The van der Waals surface area contributed by atoms with Gasteiger partial charge in [-0.2, -0.15) is 9.97 Å². The first kappa shape index (κ1) is 25.6. The minimum absolute atomic E-state index is 0.0167. The number of ether oxygens (including phenoxy) is 1. The first-order valence-electron chi connectivity index (χ1n) is 14.0. The van der Waals surface area contributed by atoms with E-state index in [9.17, 15) is 0 Å². The molecule has 3 aromatic heterocycles. The van der Waals surface area contributed by atoms with Gasteiger partial charge in [0.15, 0.2) is 5.82 Å². The molecule has 0 radical (unpaired) electrons. The number of likely N-dealkylation sites (N-methyl/N-ethyl adjacent to an activating group) is 1. The van der Waals surface area contributed by atoms with Gasteiger partial charge in [0, 0.05) is 31.2 Å². The second-order valence-electron chi connectivity index (χ2n) is 11.2. The maximum Gasteiger partial charge on any atom is 0.319 e. The molecule has 4 aromatic rings. The van der Waals surface area contributed by atoms with Gasteiger partial charge < -0.3 is 20.7 Å². The van der Waals surface area contributed by atoms with Crippen LogP contribution in [0.15, 0.2) is 30.5 Å². The van der Waals surface area contributed by atoms with Gasteiger partial charge in [0.25, 0.3) is 0 Å². The molecule has 3 saturated heterocycles. The summed E-state index contributed by atoms with van der Waals surface area (Å²) in [6.45, 7) is 4.42. The minimum Gasteiger partial charge on any atom is -0.461 e. The van der Waals surface area contributed by atoms with Gasteiger partial charge in [-0.15, -0.1) is 0 Å². The Bertz CT molecular complexity index is 1600. The number of fused-ring (bicyclic) bond motifs is 3. The predicted octanol–water partition coefficient (Wildman–Crippen LogP) is 4.42. The Morgan fingerprint density at radius 2 is 2.02 bits per heavy atom. The fourth-order valence-electron chi connectivity index (χ4n) is 6.78. The summed E-state index contributed by atoms with van der Waals surface area (Å²) < 4.78 is 22.8. The minimum atomic E-state index is -0.607. The van der Waals surface area contributed by atoms with Crippen molar-refractivity contribution < 1.29 is 9.13 Å². The Hall–Kier alpha value is -3.34. The molecule has 0 amide bonds. The standard InChI is InChI=1S/C29H32ClFN8O/c1-38(18-7-10-33-14-18)27-19-15-34-26(25-22-17(13-21(32)35-25)5-2-6-20(22)30)23(31)24(19)36-28(37-27)40-16-29-8-3-11-39(29)12-4-9-29/h2,5-6,13,15,18,33H,3-4,7-12,14,16H2,1H3,(H2,32,35). The van der Waals surface area contributed by atoms with Gasteiger partial charge in [0.2, 0.25) is 0 Å². The molecule has 3 fully saturated rings. The van der Waals surface area contributed by atoms with Crippen LogP contribution in [0.25, 0.3) is 33.1 Å². The Labute approximate surface area is 236 Å². The van der Waals surface area contributed by atoms with Crippen molar-refractivity contribution in [2.45, 2.75) is 43.7 Å². The first-order chi connectivity index (χ1) is 19.4. The number of rotatable bonds is 6. The van der Waals surface area contributed by atoms with E-state index in [-0.39, 0.29) is 40.3 Å². The summed E-state index contributed by atoms with van der Waals surface area (Å²) >= 11 is 6.55. The lowest BCUT2D eigenvalue weighted by atomic mass is 9.95. The van der Waals surface area contributed by atoms with Crippen LogP contribution >= 0.6 is 11.6 Å². The zero-order valence-electron chi connectivity index (χ0n) is 22.5. The van der Waals surface area contributed by atoms with Crippen LogP contribution in [-0.2, 0) is 0 Å². The van der Waals surface area contributed by atoms with E-state index in [0.29, 0.717) is 28.2 Å². The van der Waals surface area contributed by atoms with E-state index in [1.54, 1.807) is 18.3 Å². The van der Waals surface area contributed by atoms with Crippen molar-refractivity contribution in [2.75, 3.05) is 50.5 Å². The molecule has 3 aliphatic heterocycles. The highest BCUT2D eigenvalue weighted by Gasteiger charge is 2.45. The van der Waals surface area contributed by atoms with E-state index < -0.39 is 5.82 Å². The molecule has 1 aromatic carbocycles. The Morgan fingerprint density at radius 3 is 2.80 bits per heavy atom. The van der Waals surface area contributed by atoms with Crippen molar-refractivity contribution in [1.82, 2.24) is 30.2 Å². The van der Waals surface area contributed by atoms with Crippen LogP contribution in [0.1, 0.15) is 32.1 Å². The monoisotopic (exact) mass is 562 g/mol. The van der Waals surface area contributed by atoms with Crippen molar-refractivity contribution in [1.29, 1.82) is 0 Å². The van der Waals surface area contributed by atoms with Crippen LogP contribution in [0.5, 0.6) is 6.01 Å². The third-order valence-corrected chi connectivity index (χ3v) is 9.21. The molecule has 0 spiro atoms. The van der Waals surface area contributed by atoms with E-state index >= 15 is 4.39 Å². The second-order valence-corrected chi connectivity index (χ2v) is 11.6. The Kier molecular flexibility index (Phi) is 6.36. The van der Waals surface area contributed by atoms with Gasteiger partial charge in [-0.3, -0.25) is 9.88 Å². The van der Waals surface area contributed by atoms with E-state index in [1.807, 2.05) is 19.2 Å². The fourth-order valence-corrected chi connectivity index (χ4v) is 7.05. The molecule has 7 rings (SSSR count). The lowest BCUT2D eigenvalue weighted by Gasteiger charge is -2.31. The lowest BCUT2D eigenvalue weighted by molar-refractivity contribution is 0.108. The molecular formula is C29H32ClFN8O. The van der Waals surface area contributed by atoms with Crippen LogP contribution in [0.2, 0.25) is 5.02 Å². The van der Waals surface area contributed by atoms with Crippen molar-refractivity contribution in [3.8, 4) is 17.4 Å². The van der Waals surface area contributed by atoms with Crippen LogP contribution in [-0.4, -0.2) is 76.3 Å². The molecule has 0 saturated carbocycles. The van der Waals surface area contributed by atoms with Gasteiger partial charge in [-0.1, -0.05) is 23.7 Å². The van der Waals surface area contributed by atoms with Crippen molar-refractivity contribution >= 4 is 44.9 Å². The lowest BCUT2D eigenvalue weighted by Crippen LogP contribution is -2.43. The highest BCUT2D eigenvalue weighted by molar-refractivity contribution is 6.36. The van der Waals surface area contributed by atoms with Crippen LogP contribution < -0.4 is 20.7 Å². The number of nitrogens with zero attached hydrogens (tertiary/aromatic N) is 6. The summed E-state index contributed by atoms with van der Waals surface area (Å²) in [7, 11) is 1.98.